The lowest BCUT2D eigenvalue weighted by Crippen LogP contribution is -2.18. The number of thioether (sulfide) groups is 2. The van der Waals surface area contributed by atoms with Crippen molar-refractivity contribution in [3.63, 3.8) is 0 Å². The summed E-state index contributed by atoms with van der Waals surface area (Å²) in [5, 5.41) is 0.904. The van der Waals surface area contributed by atoms with Gasteiger partial charge in [0.2, 0.25) is 0 Å². The van der Waals surface area contributed by atoms with Crippen LogP contribution in [0.25, 0.3) is 0 Å². The van der Waals surface area contributed by atoms with Crippen molar-refractivity contribution in [3.05, 3.63) is 25.3 Å². The van der Waals surface area contributed by atoms with Crippen molar-refractivity contribution >= 4 is 23.5 Å². The van der Waals surface area contributed by atoms with Crippen LogP contribution in [0.3, 0.4) is 0 Å². The van der Waals surface area contributed by atoms with E-state index in [-0.39, 0.29) is 0 Å². The first-order chi connectivity index (χ1) is 7.86. The highest BCUT2D eigenvalue weighted by Crippen LogP contribution is 2.34. The minimum absolute atomic E-state index is 0.904. The normalized spacial score (nSPS) is 25.2. The topological polar surface area (TPSA) is 0 Å². The van der Waals surface area contributed by atoms with Gasteiger partial charge in [0, 0.05) is 16.8 Å². The third-order valence-corrected chi connectivity index (χ3v) is 5.41. The highest BCUT2D eigenvalue weighted by Gasteiger charge is 2.21. The van der Waals surface area contributed by atoms with E-state index in [4.69, 9.17) is 0 Å². The van der Waals surface area contributed by atoms with Crippen molar-refractivity contribution in [3.8, 4) is 0 Å². The van der Waals surface area contributed by atoms with Crippen LogP contribution in [-0.2, 0) is 0 Å². The summed E-state index contributed by atoms with van der Waals surface area (Å²) in [5.74, 6) is 4.54. The molecule has 1 saturated carbocycles. The Labute approximate surface area is 109 Å². The van der Waals surface area contributed by atoms with Gasteiger partial charge in [0.15, 0.2) is 0 Å². The van der Waals surface area contributed by atoms with E-state index in [2.05, 4.69) is 24.9 Å². The summed E-state index contributed by atoms with van der Waals surface area (Å²) in [7, 11) is 0. The van der Waals surface area contributed by atoms with E-state index in [0.717, 1.165) is 22.7 Å². The molecule has 2 heteroatoms. The summed E-state index contributed by atoms with van der Waals surface area (Å²) in [4.78, 5) is 0. The Balaban J connectivity index is 2.11. The van der Waals surface area contributed by atoms with Crippen LogP contribution in [0.15, 0.2) is 25.3 Å². The maximum absolute atomic E-state index is 3.80. The molecule has 0 spiro atoms. The molecule has 2 atom stereocenters. The number of hydrogen-bond acceptors (Lipinski definition) is 2. The molecule has 2 unspecified atom stereocenters. The van der Waals surface area contributed by atoms with Gasteiger partial charge in [-0.2, -0.15) is 23.5 Å². The second-order valence-corrected chi connectivity index (χ2v) is 6.91. The minimum Gasteiger partial charge on any atom is -0.158 e. The molecule has 1 aliphatic rings. The third kappa shape index (κ3) is 6.05. The molecule has 0 nitrogen and oxygen atoms in total. The lowest BCUT2D eigenvalue weighted by Gasteiger charge is -2.28. The van der Waals surface area contributed by atoms with Gasteiger partial charge < -0.3 is 0 Å². The molecule has 16 heavy (non-hydrogen) atoms. The van der Waals surface area contributed by atoms with Crippen molar-refractivity contribution in [2.75, 3.05) is 17.3 Å². The van der Waals surface area contributed by atoms with Crippen molar-refractivity contribution in [1.29, 1.82) is 0 Å². The first-order valence-electron chi connectivity index (χ1n) is 6.28. The molecular formula is C14H24S2. The molecule has 0 radical (unpaired) electrons. The molecule has 0 aliphatic heterocycles. The molecule has 0 heterocycles. The van der Waals surface area contributed by atoms with E-state index in [0.29, 0.717) is 0 Å². The van der Waals surface area contributed by atoms with Crippen molar-refractivity contribution in [2.45, 2.75) is 37.4 Å². The molecule has 0 aromatic rings. The number of hydrogen-bond donors (Lipinski definition) is 0. The van der Waals surface area contributed by atoms with E-state index < -0.39 is 0 Å². The van der Waals surface area contributed by atoms with Gasteiger partial charge in [-0.3, -0.25) is 0 Å². The smallest absolute Gasteiger partial charge is 0.0113 e. The van der Waals surface area contributed by atoms with Crippen LogP contribution in [0.4, 0.5) is 0 Å². The zero-order valence-corrected chi connectivity index (χ0v) is 11.8. The van der Waals surface area contributed by atoms with Crippen LogP contribution in [0.1, 0.15) is 32.1 Å². The van der Waals surface area contributed by atoms with E-state index >= 15 is 0 Å². The Morgan fingerprint density at radius 2 is 1.94 bits per heavy atom. The molecule has 0 aromatic carbocycles. The zero-order valence-electron chi connectivity index (χ0n) is 10.2. The average molecular weight is 256 g/mol. The Morgan fingerprint density at radius 1 is 1.12 bits per heavy atom. The summed E-state index contributed by atoms with van der Waals surface area (Å²) >= 11 is 4.13. The highest BCUT2D eigenvalue weighted by atomic mass is 32.2. The van der Waals surface area contributed by atoms with Crippen LogP contribution >= 0.6 is 23.5 Å². The first kappa shape index (κ1) is 14.2. The molecule has 1 fully saturated rings. The molecule has 0 bridgehead atoms. The highest BCUT2D eigenvalue weighted by molar-refractivity contribution is 8.00. The fourth-order valence-electron chi connectivity index (χ4n) is 2.28. The van der Waals surface area contributed by atoms with Gasteiger partial charge in [0.05, 0.1) is 0 Å². The van der Waals surface area contributed by atoms with Crippen LogP contribution in [0.2, 0.25) is 0 Å². The summed E-state index contributed by atoms with van der Waals surface area (Å²) in [6, 6.07) is 0. The predicted molar refractivity (Wildman–Crippen MR) is 80.5 cm³/mol. The molecule has 0 saturated heterocycles. The Morgan fingerprint density at radius 3 is 2.69 bits per heavy atom. The first-order valence-corrected chi connectivity index (χ1v) is 8.48. The zero-order chi connectivity index (χ0) is 11.6. The maximum atomic E-state index is 3.80. The molecule has 0 amide bonds. The SMILES string of the molecule is C=CCSCCC1CCCC(SCC=C)C1. The lowest BCUT2D eigenvalue weighted by molar-refractivity contribution is 0.359. The Kier molecular flexibility index (Phi) is 8.22. The van der Waals surface area contributed by atoms with Crippen LogP contribution in [-0.4, -0.2) is 22.5 Å². The second kappa shape index (κ2) is 9.23. The molecule has 0 aromatic heterocycles. The molecule has 1 rings (SSSR count). The molecule has 0 N–H and O–H groups in total. The third-order valence-electron chi connectivity index (χ3n) is 3.09. The van der Waals surface area contributed by atoms with Gasteiger partial charge >= 0.3 is 0 Å². The van der Waals surface area contributed by atoms with Crippen LogP contribution in [0, 0.1) is 5.92 Å². The largest absolute Gasteiger partial charge is 0.158 e. The summed E-state index contributed by atoms with van der Waals surface area (Å²) in [6.45, 7) is 7.56. The predicted octanol–water partition coefficient (Wildman–Crippen LogP) is 4.77. The monoisotopic (exact) mass is 256 g/mol. The molecule has 92 valence electrons. The average Bonchev–Trinajstić information content (AvgIpc) is 2.33. The summed E-state index contributed by atoms with van der Waals surface area (Å²) < 4.78 is 0. The lowest BCUT2D eigenvalue weighted by atomic mass is 9.87. The van der Waals surface area contributed by atoms with Gasteiger partial charge in [-0.05, 0) is 30.9 Å². The van der Waals surface area contributed by atoms with Gasteiger partial charge in [-0.1, -0.05) is 25.0 Å². The molecular weight excluding hydrogens is 232 g/mol. The van der Waals surface area contributed by atoms with E-state index in [1.807, 2.05) is 23.9 Å². The summed E-state index contributed by atoms with van der Waals surface area (Å²) in [6.07, 6.45) is 11.2. The maximum Gasteiger partial charge on any atom is 0.0113 e. The van der Waals surface area contributed by atoms with Gasteiger partial charge in [-0.25, -0.2) is 0 Å². The van der Waals surface area contributed by atoms with Crippen LogP contribution in [0.5, 0.6) is 0 Å². The van der Waals surface area contributed by atoms with Crippen molar-refractivity contribution in [2.24, 2.45) is 5.92 Å². The van der Waals surface area contributed by atoms with E-state index in [1.54, 1.807) is 0 Å². The fourth-order valence-corrected chi connectivity index (χ4v) is 4.26. The summed E-state index contributed by atoms with van der Waals surface area (Å²) in [5.41, 5.74) is 0. The molecule has 1 aliphatic carbocycles. The van der Waals surface area contributed by atoms with Gasteiger partial charge in [0.1, 0.15) is 0 Å². The quantitative estimate of drug-likeness (QED) is 0.453. The Bertz CT molecular complexity index is 201. The van der Waals surface area contributed by atoms with Crippen molar-refractivity contribution < 1.29 is 0 Å². The van der Waals surface area contributed by atoms with Gasteiger partial charge in [-0.15, -0.1) is 13.2 Å². The standard InChI is InChI=1S/C14H24S2/c1-3-9-15-11-8-13-6-5-7-14(12-13)16-10-4-2/h3-4,13-14H,1-2,5-12H2. The van der Waals surface area contributed by atoms with Crippen LogP contribution < -0.4 is 0 Å². The van der Waals surface area contributed by atoms with Crippen molar-refractivity contribution in [1.82, 2.24) is 0 Å². The number of rotatable bonds is 8. The van der Waals surface area contributed by atoms with E-state index in [1.165, 1.54) is 37.9 Å². The van der Waals surface area contributed by atoms with Gasteiger partial charge in [0.25, 0.3) is 0 Å². The van der Waals surface area contributed by atoms with E-state index in [9.17, 15) is 0 Å². The Hall–Kier alpha value is 0.180. The minimum atomic E-state index is 0.904. The fraction of sp³-hybridized carbons (Fsp3) is 0.714. The second-order valence-electron chi connectivity index (χ2n) is 4.43.